The zero-order chi connectivity index (χ0) is 15.9. The number of amides is 1. The van der Waals surface area contributed by atoms with E-state index < -0.39 is 0 Å². The summed E-state index contributed by atoms with van der Waals surface area (Å²) in [4.78, 5) is 13.7. The fourth-order valence-electron chi connectivity index (χ4n) is 2.22. The predicted molar refractivity (Wildman–Crippen MR) is 92.0 cm³/mol. The van der Waals surface area contributed by atoms with Crippen LogP contribution in [0.5, 0.6) is 0 Å². The van der Waals surface area contributed by atoms with Crippen molar-refractivity contribution in [2.24, 2.45) is 0 Å². The Bertz CT molecular complexity index is 727. The molecule has 3 nitrogen and oxygen atoms in total. The number of thioether (sulfide) groups is 1. The maximum atomic E-state index is 12.7. The zero-order valence-corrected chi connectivity index (χ0v) is 13.3. The van der Waals surface area contributed by atoms with Crippen molar-refractivity contribution >= 4 is 17.7 Å². The average molecular weight is 323 g/mol. The van der Waals surface area contributed by atoms with Gasteiger partial charge in [-0.2, -0.15) is 0 Å². The van der Waals surface area contributed by atoms with E-state index >= 15 is 0 Å². The minimum absolute atomic E-state index is 0.0264. The molecule has 0 aliphatic rings. The molecular formula is C19H17NO2S. The van der Waals surface area contributed by atoms with Crippen LogP contribution in [0.1, 0.15) is 16.6 Å². The van der Waals surface area contributed by atoms with Crippen LogP contribution in [0.4, 0.5) is 0 Å². The first kappa shape index (κ1) is 15.4. The number of hydrogen-bond acceptors (Lipinski definition) is 3. The molecule has 0 aliphatic heterocycles. The van der Waals surface area contributed by atoms with E-state index in [9.17, 15) is 4.79 Å². The lowest BCUT2D eigenvalue weighted by Crippen LogP contribution is -2.27. The van der Waals surface area contributed by atoms with Gasteiger partial charge in [0, 0.05) is 4.90 Å². The quantitative estimate of drug-likeness (QED) is 0.682. The van der Waals surface area contributed by atoms with E-state index in [1.165, 1.54) is 0 Å². The minimum Gasteiger partial charge on any atom is -0.467 e. The maximum Gasteiger partial charge on any atom is 0.238 e. The summed E-state index contributed by atoms with van der Waals surface area (Å²) < 4.78 is 5.27. The van der Waals surface area contributed by atoms with Gasteiger partial charge in [-0.05, 0) is 29.8 Å². The van der Waals surface area contributed by atoms with E-state index in [-0.39, 0.29) is 11.2 Å². The molecular weight excluding hydrogens is 306 g/mol. The molecule has 116 valence electrons. The highest BCUT2D eigenvalue weighted by molar-refractivity contribution is 8.00. The highest BCUT2D eigenvalue weighted by Crippen LogP contribution is 2.35. The van der Waals surface area contributed by atoms with E-state index in [0.717, 1.165) is 16.2 Å². The van der Waals surface area contributed by atoms with Gasteiger partial charge in [-0.1, -0.05) is 48.5 Å². The summed E-state index contributed by atoms with van der Waals surface area (Å²) in [6, 6.07) is 23.4. The van der Waals surface area contributed by atoms with E-state index in [1.54, 1.807) is 18.0 Å². The SMILES string of the molecule is O=C(NCc1ccco1)[C@H](Sc1ccccc1)c1ccccc1. The lowest BCUT2D eigenvalue weighted by atomic mass is 10.1. The molecule has 0 saturated heterocycles. The Labute approximate surface area is 139 Å². The Hall–Kier alpha value is -2.46. The van der Waals surface area contributed by atoms with Crippen LogP contribution in [0, 0.1) is 0 Å². The first-order valence-electron chi connectivity index (χ1n) is 7.39. The van der Waals surface area contributed by atoms with E-state index in [0.29, 0.717) is 6.54 Å². The zero-order valence-electron chi connectivity index (χ0n) is 12.5. The van der Waals surface area contributed by atoms with Crippen LogP contribution in [-0.2, 0) is 11.3 Å². The molecule has 23 heavy (non-hydrogen) atoms. The van der Waals surface area contributed by atoms with Crippen molar-refractivity contribution < 1.29 is 9.21 Å². The highest BCUT2D eigenvalue weighted by atomic mass is 32.2. The van der Waals surface area contributed by atoms with Gasteiger partial charge in [-0.25, -0.2) is 0 Å². The van der Waals surface area contributed by atoms with Crippen LogP contribution in [0.2, 0.25) is 0 Å². The summed E-state index contributed by atoms with van der Waals surface area (Å²) in [7, 11) is 0. The molecule has 0 aliphatic carbocycles. The molecule has 3 rings (SSSR count). The van der Waals surface area contributed by atoms with Gasteiger partial charge in [0.05, 0.1) is 12.8 Å². The fraction of sp³-hybridized carbons (Fsp3) is 0.105. The molecule has 1 amide bonds. The number of rotatable bonds is 6. The molecule has 2 aromatic carbocycles. The second-order valence-corrected chi connectivity index (χ2v) is 6.20. The highest BCUT2D eigenvalue weighted by Gasteiger charge is 2.21. The van der Waals surface area contributed by atoms with Crippen LogP contribution < -0.4 is 5.32 Å². The normalized spacial score (nSPS) is 11.8. The standard InChI is InChI=1S/C19H17NO2S/c21-19(20-14-16-10-7-13-22-16)18(15-8-3-1-4-9-15)23-17-11-5-2-6-12-17/h1-13,18H,14H2,(H,20,21)/t18-/m1/s1. The monoisotopic (exact) mass is 323 g/mol. The van der Waals surface area contributed by atoms with Crippen molar-refractivity contribution in [3.63, 3.8) is 0 Å². The van der Waals surface area contributed by atoms with E-state index in [2.05, 4.69) is 5.32 Å². The van der Waals surface area contributed by atoms with Crippen LogP contribution in [0.15, 0.2) is 88.4 Å². The Kier molecular flexibility index (Phi) is 5.17. The van der Waals surface area contributed by atoms with Crippen molar-refractivity contribution in [3.05, 3.63) is 90.4 Å². The lowest BCUT2D eigenvalue weighted by molar-refractivity contribution is -0.120. The van der Waals surface area contributed by atoms with Crippen molar-refractivity contribution in [2.45, 2.75) is 16.7 Å². The van der Waals surface area contributed by atoms with Gasteiger partial charge in [0.2, 0.25) is 5.91 Å². The third kappa shape index (κ3) is 4.27. The average Bonchev–Trinajstić information content (AvgIpc) is 3.13. The third-order valence-electron chi connectivity index (χ3n) is 3.35. The Morgan fingerprint density at radius 2 is 1.65 bits per heavy atom. The molecule has 0 unspecified atom stereocenters. The molecule has 0 spiro atoms. The van der Waals surface area contributed by atoms with E-state index in [1.807, 2.05) is 72.8 Å². The maximum absolute atomic E-state index is 12.7. The second-order valence-electron chi connectivity index (χ2n) is 5.02. The molecule has 0 radical (unpaired) electrons. The lowest BCUT2D eigenvalue weighted by Gasteiger charge is -2.16. The predicted octanol–water partition coefficient (Wildman–Crippen LogP) is 4.43. The smallest absolute Gasteiger partial charge is 0.238 e. The summed E-state index contributed by atoms with van der Waals surface area (Å²) in [5.74, 6) is 0.719. The Morgan fingerprint density at radius 3 is 2.30 bits per heavy atom. The van der Waals surface area contributed by atoms with Crippen LogP contribution >= 0.6 is 11.8 Å². The Balaban J connectivity index is 1.75. The van der Waals surface area contributed by atoms with Gasteiger partial charge >= 0.3 is 0 Å². The van der Waals surface area contributed by atoms with Crippen molar-refractivity contribution in [1.29, 1.82) is 0 Å². The topological polar surface area (TPSA) is 42.2 Å². The van der Waals surface area contributed by atoms with Crippen LogP contribution in [0.3, 0.4) is 0 Å². The fourth-order valence-corrected chi connectivity index (χ4v) is 3.29. The second kappa shape index (κ2) is 7.70. The van der Waals surface area contributed by atoms with Gasteiger partial charge in [-0.3, -0.25) is 4.79 Å². The van der Waals surface area contributed by atoms with Gasteiger partial charge in [0.25, 0.3) is 0 Å². The summed E-state index contributed by atoms with van der Waals surface area (Å²) in [5, 5.41) is 2.65. The number of furan rings is 1. The van der Waals surface area contributed by atoms with Gasteiger partial charge in [0.15, 0.2) is 0 Å². The molecule has 0 fully saturated rings. The molecule has 1 atom stereocenters. The van der Waals surface area contributed by atoms with Crippen molar-refractivity contribution in [3.8, 4) is 0 Å². The number of carbonyl (C=O) groups excluding carboxylic acids is 1. The molecule has 1 heterocycles. The van der Waals surface area contributed by atoms with Crippen molar-refractivity contribution in [2.75, 3.05) is 0 Å². The van der Waals surface area contributed by atoms with E-state index in [4.69, 9.17) is 4.42 Å². The molecule has 1 N–H and O–H groups in total. The molecule has 1 aromatic heterocycles. The molecule has 3 aromatic rings. The number of benzene rings is 2. The van der Waals surface area contributed by atoms with Gasteiger partial charge in [-0.15, -0.1) is 11.8 Å². The summed E-state index contributed by atoms with van der Waals surface area (Å²) in [6.45, 7) is 0.393. The van der Waals surface area contributed by atoms with Crippen molar-refractivity contribution in [1.82, 2.24) is 5.32 Å². The summed E-state index contributed by atoms with van der Waals surface area (Å²) >= 11 is 1.54. The first-order chi connectivity index (χ1) is 11.3. The summed E-state index contributed by atoms with van der Waals surface area (Å²) in [6.07, 6.45) is 1.61. The first-order valence-corrected chi connectivity index (χ1v) is 8.27. The van der Waals surface area contributed by atoms with Crippen LogP contribution in [0.25, 0.3) is 0 Å². The molecule has 4 heteroatoms. The number of nitrogens with one attached hydrogen (secondary N) is 1. The minimum atomic E-state index is -0.298. The number of hydrogen-bond donors (Lipinski definition) is 1. The number of carbonyl (C=O) groups is 1. The Morgan fingerprint density at radius 1 is 0.957 bits per heavy atom. The van der Waals surface area contributed by atoms with Crippen LogP contribution in [-0.4, -0.2) is 5.91 Å². The molecule has 0 saturated carbocycles. The largest absolute Gasteiger partial charge is 0.467 e. The molecule has 0 bridgehead atoms. The third-order valence-corrected chi connectivity index (χ3v) is 4.62. The van der Waals surface area contributed by atoms with Gasteiger partial charge < -0.3 is 9.73 Å². The van der Waals surface area contributed by atoms with Gasteiger partial charge in [0.1, 0.15) is 11.0 Å². The summed E-state index contributed by atoms with van der Waals surface area (Å²) in [5.41, 5.74) is 0.985.